The van der Waals surface area contributed by atoms with Gasteiger partial charge in [0, 0.05) is 11.1 Å². The molecule has 0 spiro atoms. The molecule has 1 aromatic heterocycles. The first-order chi connectivity index (χ1) is 6.24. The van der Waals surface area contributed by atoms with Crippen LogP contribution in [-0.4, -0.2) is 5.11 Å². The van der Waals surface area contributed by atoms with Gasteiger partial charge in [0.15, 0.2) is 0 Å². The van der Waals surface area contributed by atoms with E-state index < -0.39 is 0 Å². The Balaban J connectivity index is 2.98. The van der Waals surface area contributed by atoms with E-state index in [1.165, 1.54) is 17.4 Å². The Labute approximate surface area is 78.6 Å². The maximum atomic E-state index is 9.50. The number of phenols is 1. The highest BCUT2D eigenvalue weighted by atomic mass is 32.1. The molecule has 3 nitrogen and oxygen atoms in total. The molecule has 0 aliphatic rings. The fourth-order valence-corrected chi connectivity index (χ4v) is 2.18. The van der Waals surface area contributed by atoms with Gasteiger partial charge in [-0.2, -0.15) is 5.26 Å². The summed E-state index contributed by atoms with van der Waals surface area (Å²) in [6, 6.07) is 5.15. The number of phenolic OH excluding ortho intramolecular Hbond substituents is 1. The van der Waals surface area contributed by atoms with E-state index in [-0.39, 0.29) is 5.75 Å². The highest BCUT2D eigenvalue weighted by Crippen LogP contribution is 2.36. The van der Waals surface area contributed by atoms with Gasteiger partial charge >= 0.3 is 0 Å². The minimum Gasteiger partial charge on any atom is -0.507 e. The zero-order valence-electron chi connectivity index (χ0n) is 6.61. The van der Waals surface area contributed by atoms with Crippen LogP contribution in [0.2, 0.25) is 0 Å². The minimum atomic E-state index is 0.113. The fourth-order valence-electron chi connectivity index (χ4n) is 1.23. The summed E-state index contributed by atoms with van der Waals surface area (Å²) in [5.41, 5.74) is 6.76. The van der Waals surface area contributed by atoms with Crippen molar-refractivity contribution >= 4 is 27.1 Å². The van der Waals surface area contributed by atoms with Gasteiger partial charge in [0.25, 0.3) is 0 Å². The van der Waals surface area contributed by atoms with Crippen LogP contribution >= 0.6 is 11.3 Å². The number of nitrogens with zero attached hydrogens (tertiary/aromatic N) is 1. The van der Waals surface area contributed by atoms with Gasteiger partial charge in [-0.15, -0.1) is 11.3 Å². The van der Waals surface area contributed by atoms with Crippen LogP contribution in [-0.2, 0) is 0 Å². The smallest absolute Gasteiger partial charge is 0.125 e. The standard InChI is InChI=1S/C9H6N2OS/c10-3-5-4-13-9-6(11)1-2-7(12)8(5)9/h1-2,4,12H,11H2. The average molecular weight is 190 g/mol. The summed E-state index contributed by atoms with van der Waals surface area (Å²) in [5.74, 6) is 0.113. The van der Waals surface area contributed by atoms with Gasteiger partial charge in [0.05, 0.1) is 15.6 Å². The second-order valence-electron chi connectivity index (χ2n) is 2.64. The molecular formula is C9H6N2OS. The number of aromatic hydroxyl groups is 1. The van der Waals surface area contributed by atoms with Crippen molar-refractivity contribution in [2.24, 2.45) is 0 Å². The van der Waals surface area contributed by atoms with Crippen molar-refractivity contribution in [2.45, 2.75) is 0 Å². The van der Waals surface area contributed by atoms with Crippen molar-refractivity contribution in [1.82, 2.24) is 0 Å². The molecule has 0 saturated heterocycles. The first-order valence-corrected chi connectivity index (χ1v) is 4.50. The summed E-state index contributed by atoms with van der Waals surface area (Å²) in [5, 5.41) is 20.5. The van der Waals surface area contributed by atoms with Crippen LogP contribution in [0.25, 0.3) is 10.1 Å². The van der Waals surface area contributed by atoms with Crippen molar-refractivity contribution in [3.05, 3.63) is 23.1 Å². The lowest BCUT2D eigenvalue weighted by atomic mass is 10.1. The third-order valence-electron chi connectivity index (χ3n) is 1.85. The Kier molecular flexibility index (Phi) is 1.61. The van der Waals surface area contributed by atoms with Gasteiger partial charge in [0.2, 0.25) is 0 Å². The normalized spacial score (nSPS) is 10.1. The molecule has 3 N–H and O–H groups in total. The monoisotopic (exact) mass is 190 g/mol. The second kappa shape index (κ2) is 2.64. The van der Waals surface area contributed by atoms with Gasteiger partial charge < -0.3 is 10.8 Å². The van der Waals surface area contributed by atoms with Crippen LogP contribution in [0.3, 0.4) is 0 Å². The Morgan fingerprint density at radius 2 is 2.23 bits per heavy atom. The van der Waals surface area contributed by atoms with Crippen LogP contribution in [0.5, 0.6) is 5.75 Å². The van der Waals surface area contributed by atoms with Crippen molar-refractivity contribution in [2.75, 3.05) is 5.73 Å². The van der Waals surface area contributed by atoms with Crippen LogP contribution in [0.15, 0.2) is 17.5 Å². The van der Waals surface area contributed by atoms with Crippen LogP contribution in [0.1, 0.15) is 5.56 Å². The van der Waals surface area contributed by atoms with Crippen molar-refractivity contribution < 1.29 is 5.11 Å². The van der Waals surface area contributed by atoms with E-state index in [0.717, 1.165) is 4.70 Å². The summed E-state index contributed by atoms with van der Waals surface area (Å²) >= 11 is 1.37. The van der Waals surface area contributed by atoms with E-state index in [0.29, 0.717) is 16.6 Å². The molecule has 2 aromatic rings. The summed E-state index contributed by atoms with van der Waals surface area (Å²) in [7, 11) is 0. The summed E-state index contributed by atoms with van der Waals surface area (Å²) < 4.78 is 0.775. The zero-order chi connectivity index (χ0) is 9.42. The van der Waals surface area contributed by atoms with Crippen LogP contribution in [0, 0.1) is 11.3 Å². The quantitative estimate of drug-likeness (QED) is 0.493. The average Bonchev–Trinajstić information content (AvgIpc) is 2.56. The molecule has 0 saturated carbocycles. The summed E-state index contributed by atoms with van der Waals surface area (Å²) in [6.07, 6.45) is 0. The molecule has 64 valence electrons. The van der Waals surface area contributed by atoms with E-state index in [4.69, 9.17) is 11.0 Å². The molecule has 0 aliphatic carbocycles. The van der Waals surface area contributed by atoms with E-state index in [1.807, 2.05) is 6.07 Å². The molecule has 0 fully saturated rings. The minimum absolute atomic E-state index is 0.113. The molecule has 0 radical (unpaired) electrons. The molecule has 13 heavy (non-hydrogen) atoms. The Morgan fingerprint density at radius 3 is 2.92 bits per heavy atom. The first-order valence-electron chi connectivity index (χ1n) is 3.63. The van der Waals surface area contributed by atoms with E-state index in [2.05, 4.69) is 0 Å². The van der Waals surface area contributed by atoms with Gasteiger partial charge in [-0.3, -0.25) is 0 Å². The topological polar surface area (TPSA) is 70.0 Å². The number of nitrogen functional groups attached to an aromatic ring is 1. The number of hydrogen-bond donors (Lipinski definition) is 2. The predicted octanol–water partition coefficient (Wildman–Crippen LogP) is 2.06. The largest absolute Gasteiger partial charge is 0.507 e. The fraction of sp³-hybridized carbons (Fsp3) is 0. The lowest BCUT2D eigenvalue weighted by molar-refractivity contribution is 0.482. The second-order valence-corrected chi connectivity index (χ2v) is 3.52. The Hall–Kier alpha value is -1.73. The molecule has 0 unspecified atom stereocenters. The first kappa shape index (κ1) is 7.90. The molecule has 4 heteroatoms. The number of benzene rings is 1. The molecule has 1 heterocycles. The molecule has 0 atom stereocenters. The van der Waals surface area contributed by atoms with Gasteiger partial charge in [-0.1, -0.05) is 0 Å². The number of nitrogens with two attached hydrogens (primary N) is 1. The summed E-state index contributed by atoms with van der Waals surface area (Å²) in [6.45, 7) is 0. The highest BCUT2D eigenvalue weighted by Gasteiger charge is 2.09. The molecule has 0 bridgehead atoms. The molecule has 2 rings (SSSR count). The Morgan fingerprint density at radius 1 is 1.46 bits per heavy atom. The molecule has 1 aromatic carbocycles. The lowest BCUT2D eigenvalue weighted by Gasteiger charge is -1.98. The van der Waals surface area contributed by atoms with Crippen LogP contribution < -0.4 is 5.73 Å². The molecule has 0 aliphatic heterocycles. The number of fused-ring (bicyclic) bond motifs is 1. The highest BCUT2D eigenvalue weighted by molar-refractivity contribution is 7.18. The maximum absolute atomic E-state index is 9.50. The lowest BCUT2D eigenvalue weighted by Crippen LogP contribution is -1.83. The van der Waals surface area contributed by atoms with Gasteiger partial charge in [-0.05, 0) is 12.1 Å². The number of hydrogen-bond acceptors (Lipinski definition) is 4. The molecular weight excluding hydrogens is 184 g/mol. The number of rotatable bonds is 0. The Bertz CT molecular complexity index is 510. The third kappa shape index (κ3) is 1.02. The van der Waals surface area contributed by atoms with Crippen LogP contribution in [0.4, 0.5) is 5.69 Å². The zero-order valence-corrected chi connectivity index (χ0v) is 7.43. The molecule has 0 amide bonds. The van der Waals surface area contributed by atoms with E-state index in [9.17, 15) is 5.11 Å². The number of anilines is 1. The van der Waals surface area contributed by atoms with Gasteiger partial charge in [0.1, 0.15) is 11.8 Å². The summed E-state index contributed by atoms with van der Waals surface area (Å²) in [4.78, 5) is 0. The van der Waals surface area contributed by atoms with Crippen molar-refractivity contribution in [3.63, 3.8) is 0 Å². The predicted molar refractivity (Wildman–Crippen MR) is 52.6 cm³/mol. The van der Waals surface area contributed by atoms with E-state index >= 15 is 0 Å². The van der Waals surface area contributed by atoms with Gasteiger partial charge in [-0.25, -0.2) is 0 Å². The van der Waals surface area contributed by atoms with E-state index in [1.54, 1.807) is 11.4 Å². The number of nitriles is 1. The third-order valence-corrected chi connectivity index (χ3v) is 2.88. The van der Waals surface area contributed by atoms with Crippen molar-refractivity contribution in [3.8, 4) is 11.8 Å². The SMILES string of the molecule is N#Cc1csc2c(N)ccc(O)c12. The maximum Gasteiger partial charge on any atom is 0.125 e. The number of thiophene rings is 1. The van der Waals surface area contributed by atoms with Crippen molar-refractivity contribution in [1.29, 1.82) is 5.26 Å².